The topological polar surface area (TPSA) is 0 Å². The molecule has 0 heterocycles. The van der Waals surface area contributed by atoms with E-state index < -0.39 is 0 Å². The highest BCUT2D eigenvalue weighted by atomic mass is 32.1. The SMILES string of the molecule is C=C(C)C1=CCCC=C1S. The summed E-state index contributed by atoms with van der Waals surface area (Å²) >= 11 is 4.33. The molecule has 1 aliphatic rings. The minimum absolute atomic E-state index is 1.08. The summed E-state index contributed by atoms with van der Waals surface area (Å²) in [6.07, 6.45) is 6.60. The van der Waals surface area contributed by atoms with Crippen LogP contribution in [0.4, 0.5) is 0 Å². The Morgan fingerprint density at radius 2 is 2.10 bits per heavy atom. The third-order valence-corrected chi connectivity index (χ3v) is 2.01. The molecular weight excluding hydrogens is 140 g/mol. The molecule has 1 aliphatic carbocycles. The minimum Gasteiger partial charge on any atom is -0.143 e. The van der Waals surface area contributed by atoms with Gasteiger partial charge in [0.25, 0.3) is 0 Å². The van der Waals surface area contributed by atoms with Gasteiger partial charge in [0, 0.05) is 4.91 Å². The maximum atomic E-state index is 4.33. The van der Waals surface area contributed by atoms with Crippen LogP contribution >= 0.6 is 12.6 Å². The van der Waals surface area contributed by atoms with E-state index in [2.05, 4.69) is 31.4 Å². The maximum absolute atomic E-state index is 4.33. The highest BCUT2D eigenvalue weighted by Crippen LogP contribution is 2.26. The fourth-order valence-electron chi connectivity index (χ4n) is 1.06. The molecule has 0 amide bonds. The van der Waals surface area contributed by atoms with Gasteiger partial charge in [0.1, 0.15) is 0 Å². The molecule has 0 aromatic rings. The van der Waals surface area contributed by atoms with Gasteiger partial charge in [-0.05, 0) is 25.3 Å². The lowest BCUT2D eigenvalue weighted by atomic mass is 10.0. The lowest BCUT2D eigenvalue weighted by Crippen LogP contribution is -1.89. The molecule has 0 aromatic heterocycles. The van der Waals surface area contributed by atoms with Crippen molar-refractivity contribution in [1.82, 2.24) is 0 Å². The molecular formula is C9H12S. The monoisotopic (exact) mass is 152 g/mol. The van der Waals surface area contributed by atoms with E-state index in [-0.39, 0.29) is 0 Å². The quantitative estimate of drug-likeness (QED) is 0.548. The molecule has 0 spiro atoms. The first-order valence-electron chi connectivity index (χ1n) is 3.47. The second-order valence-corrected chi connectivity index (χ2v) is 3.05. The molecule has 0 atom stereocenters. The molecule has 0 fully saturated rings. The van der Waals surface area contributed by atoms with E-state index in [9.17, 15) is 0 Å². The number of hydrogen-bond donors (Lipinski definition) is 1. The molecule has 0 saturated carbocycles. The van der Waals surface area contributed by atoms with Gasteiger partial charge in [-0.15, -0.1) is 12.6 Å². The van der Waals surface area contributed by atoms with E-state index >= 15 is 0 Å². The Bertz CT molecular complexity index is 209. The van der Waals surface area contributed by atoms with Gasteiger partial charge >= 0.3 is 0 Å². The van der Waals surface area contributed by atoms with Crippen molar-refractivity contribution in [3.63, 3.8) is 0 Å². The van der Waals surface area contributed by atoms with Crippen LogP contribution in [0.25, 0.3) is 0 Å². The van der Waals surface area contributed by atoms with Crippen molar-refractivity contribution < 1.29 is 0 Å². The minimum atomic E-state index is 1.08. The van der Waals surface area contributed by atoms with Gasteiger partial charge in [-0.2, -0.15) is 0 Å². The van der Waals surface area contributed by atoms with Crippen LogP contribution in [0.5, 0.6) is 0 Å². The summed E-state index contributed by atoms with van der Waals surface area (Å²) in [6, 6.07) is 0. The van der Waals surface area contributed by atoms with Crippen LogP contribution in [0, 0.1) is 0 Å². The zero-order chi connectivity index (χ0) is 7.56. The van der Waals surface area contributed by atoms with E-state index in [1.54, 1.807) is 0 Å². The van der Waals surface area contributed by atoms with Crippen LogP contribution in [-0.4, -0.2) is 0 Å². The first kappa shape index (κ1) is 7.67. The van der Waals surface area contributed by atoms with Gasteiger partial charge in [-0.25, -0.2) is 0 Å². The first-order chi connectivity index (χ1) is 4.72. The predicted molar refractivity (Wildman–Crippen MR) is 49.2 cm³/mol. The number of thiol groups is 1. The van der Waals surface area contributed by atoms with Crippen molar-refractivity contribution in [2.45, 2.75) is 19.8 Å². The molecule has 0 aromatic carbocycles. The summed E-state index contributed by atoms with van der Waals surface area (Å²) in [5.41, 5.74) is 2.33. The van der Waals surface area contributed by atoms with Crippen molar-refractivity contribution >= 4 is 12.6 Å². The summed E-state index contributed by atoms with van der Waals surface area (Å²) in [4.78, 5) is 1.08. The van der Waals surface area contributed by atoms with Gasteiger partial charge in [0.2, 0.25) is 0 Å². The highest BCUT2D eigenvalue weighted by molar-refractivity contribution is 7.84. The molecule has 0 N–H and O–H groups in total. The van der Waals surface area contributed by atoms with E-state index in [4.69, 9.17) is 0 Å². The van der Waals surface area contributed by atoms with Crippen molar-refractivity contribution in [2.75, 3.05) is 0 Å². The van der Waals surface area contributed by atoms with Crippen LogP contribution in [0.1, 0.15) is 19.8 Å². The molecule has 0 aliphatic heterocycles. The third kappa shape index (κ3) is 1.54. The molecule has 0 nitrogen and oxygen atoms in total. The van der Waals surface area contributed by atoms with E-state index in [0.29, 0.717) is 0 Å². The Labute approximate surface area is 67.7 Å². The van der Waals surface area contributed by atoms with Gasteiger partial charge in [-0.3, -0.25) is 0 Å². The van der Waals surface area contributed by atoms with Crippen molar-refractivity contribution in [3.8, 4) is 0 Å². The van der Waals surface area contributed by atoms with Gasteiger partial charge < -0.3 is 0 Å². The standard InChI is InChI=1S/C9H12S/c1-7(2)8-5-3-4-6-9(8)10/h5-6,10H,1,3-4H2,2H3. The van der Waals surface area contributed by atoms with Crippen molar-refractivity contribution in [2.24, 2.45) is 0 Å². The van der Waals surface area contributed by atoms with E-state index in [1.165, 1.54) is 5.57 Å². The lowest BCUT2D eigenvalue weighted by Gasteiger charge is -2.10. The Morgan fingerprint density at radius 3 is 2.50 bits per heavy atom. The first-order valence-corrected chi connectivity index (χ1v) is 3.92. The van der Waals surface area contributed by atoms with Gasteiger partial charge in [0.05, 0.1) is 0 Å². The van der Waals surface area contributed by atoms with Crippen molar-refractivity contribution in [3.05, 3.63) is 34.8 Å². The smallest absolute Gasteiger partial charge is 0.00719 e. The summed E-state index contributed by atoms with van der Waals surface area (Å²) < 4.78 is 0. The molecule has 0 saturated heterocycles. The lowest BCUT2D eigenvalue weighted by molar-refractivity contribution is 1.01. The molecule has 0 unspecified atom stereocenters. The fourth-order valence-corrected chi connectivity index (χ4v) is 1.47. The van der Waals surface area contributed by atoms with Gasteiger partial charge in [0.15, 0.2) is 0 Å². The average molecular weight is 152 g/mol. The third-order valence-electron chi connectivity index (χ3n) is 1.59. The van der Waals surface area contributed by atoms with Crippen LogP contribution in [0.2, 0.25) is 0 Å². The maximum Gasteiger partial charge on any atom is 0.00719 e. The molecule has 0 bridgehead atoms. The normalized spacial score (nSPS) is 17.8. The summed E-state index contributed by atoms with van der Waals surface area (Å²) in [5.74, 6) is 0. The van der Waals surface area contributed by atoms with E-state index in [0.717, 1.165) is 23.3 Å². The number of allylic oxidation sites excluding steroid dienone is 4. The number of rotatable bonds is 1. The summed E-state index contributed by atoms with van der Waals surface area (Å²) in [6.45, 7) is 5.89. The van der Waals surface area contributed by atoms with Crippen LogP contribution < -0.4 is 0 Å². The van der Waals surface area contributed by atoms with E-state index in [1.807, 2.05) is 6.92 Å². The van der Waals surface area contributed by atoms with Crippen LogP contribution in [0.15, 0.2) is 34.8 Å². The van der Waals surface area contributed by atoms with Crippen LogP contribution in [0.3, 0.4) is 0 Å². The Balaban J connectivity index is 2.84. The van der Waals surface area contributed by atoms with Crippen molar-refractivity contribution in [1.29, 1.82) is 0 Å². The Kier molecular flexibility index (Phi) is 2.39. The summed E-state index contributed by atoms with van der Waals surface area (Å²) in [7, 11) is 0. The average Bonchev–Trinajstić information content (AvgIpc) is 1.88. The second kappa shape index (κ2) is 3.11. The molecule has 1 heteroatoms. The largest absolute Gasteiger partial charge is 0.143 e. The molecule has 54 valence electrons. The van der Waals surface area contributed by atoms with Gasteiger partial charge in [-0.1, -0.05) is 24.3 Å². The molecule has 10 heavy (non-hydrogen) atoms. The predicted octanol–water partition coefficient (Wildman–Crippen LogP) is 3.10. The Morgan fingerprint density at radius 1 is 1.50 bits per heavy atom. The zero-order valence-electron chi connectivity index (χ0n) is 6.22. The Hall–Kier alpha value is -0.430. The molecule has 0 radical (unpaired) electrons. The molecule has 1 rings (SSSR count). The highest BCUT2D eigenvalue weighted by Gasteiger charge is 2.04. The summed E-state index contributed by atoms with van der Waals surface area (Å²) in [5, 5.41) is 0. The number of hydrogen-bond acceptors (Lipinski definition) is 1. The van der Waals surface area contributed by atoms with Crippen LogP contribution in [-0.2, 0) is 0 Å². The fraction of sp³-hybridized carbons (Fsp3) is 0.333. The second-order valence-electron chi connectivity index (χ2n) is 2.56. The zero-order valence-corrected chi connectivity index (χ0v) is 7.12.